The van der Waals surface area contributed by atoms with E-state index in [1.807, 2.05) is 18.2 Å². The number of anilines is 1. The van der Waals surface area contributed by atoms with E-state index in [4.69, 9.17) is 23.2 Å². The van der Waals surface area contributed by atoms with Gasteiger partial charge in [-0.25, -0.2) is 0 Å². The molecule has 0 aliphatic rings. The minimum absolute atomic E-state index is 0.681. The topological polar surface area (TPSA) is 12.0 Å². The fraction of sp³-hybridized carbons (Fsp3) is 0.250. The molecule has 0 spiro atoms. The van der Waals surface area contributed by atoms with Crippen LogP contribution in [0.2, 0.25) is 10.0 Å². The summed E-state index contributed by atoms with van der Waals surface area (Å²) >= 11 is 12.2. The lowest BCUT2D eigenvalue weighted by molar-refractivity contribution is 0.919. The highest BCUT2D eigenvalue weighted by Crippen LogP contribution is 2.23. The first-order valence-corrected chi connectivity index (χ1v) is 7.22. The van der Waals surface area contributed by atoms with Crippen molar-refractivity contribution >= 4 is 28.9 Å². The van der Waals surface area contributed by atoms with E-state index in [0.717, 1.165) is 23.4 Å². The number of para-hydroxylation sites is 1. The zero-order chi connectivity index (χ0) is 13.7. The molecule has 19 heavy (non-hydrogen) atoms. The number of halogens is 2. The third-order valence-corrected chi connectivity index (χ3v) is 3.62. The van der Waals surface area contributed by atoms with E-state index < -0.39 is 0 Å². The first-order valence-electron chi connectivity index (χ1n) is 6.46. The molecule has 0 atom stereocenters. The van der Waals surface area contributed by atoms with Gasteiger partial charge >= 0.3 is 0 Å². The summed E-state index contributed by atoms with van der Waals surface area (Å²) in [4.78, 5) is 0. The SMILES string of the molecule is CCCc1ccccc1NCc1cc(Cl)ccc1Cl. The minimum Gasteiger partial charge on any atom is -0.381 e. The van der Waals surface area contributed by atoms with Crippen molar-refractivity contribution in [2.75, 3.05) is 5.32 Å². The van der Waals surface area contributed by atoms with Gasteiger partial charge in [-0.3, -0.25) is 0 Å². The summed E-state index contributed by atoms with van der Waals surface area (Å²) in [5, 5.41) is 4.89. The van der Waals surface area contributed by atoms with Gasteiger partial charge in [0.1, 0.15) is 0 Å². The summed E-state index contributed by atoms with van der Waals surface area (Å²) in [5.74, 6) is 0. The van der Waals surface area contributed by atoms with Crippen LogP contribution in [-0.4, -0.2) is 0 Å². The maximum atomic E-state index is 6.16. The van der Waals surface area contributed by atoms with Crippen LogP contribution in [0.25, 0.3) is 0 Å². The van der Waals surface area contributed by atoms with Crippen LogP contribution in [0.3, 0.4) is 0 Å². The van der Waals surface area contributed by atoms with E-state index >= 15 is 0 Å². The fourth-order valence-electron chi connectivity index (χ4n) is 2.05. The van der Waals surface area contributed by atoms with Crippen LogP contribution in [0, 0.1) is 0 Å². The van der Waals surface area contributed by atoms with E-state index in [2.05, 4.69) is 30.4 Å². The predicted molar refractivity (Wildman–Crippen MR) is 84.2 cm³/mol. The van der Waals surface area contributed by atoms with Gasteiger partial charge in [0.25, 0.3) is 0 Å². The average molecular weight is 294 g/mol. The smallest absolute Gasteiger partial charge is 0.0456 e. The molecular formula is C16H17Cl2N. The van der Waals surface area contributed by atoms with Crippen LogP contribution in [0.15, 0.2) is 42.5 Å². The third-order valence-electron chi connectivity index (χ3n) is 3.01. The Labute approximate surface area is 124 Å². The second kappa shape index (κ2) is 6.83. The molecule has 0 bridgehead atoms. The van der Waals surface area contributed by atoms with Crippen molar-refractivity contribution < 1.29 is 0 Å². The number of hydrogen-bond donors (Lipinski definition) is 1. The van der Waals surface area contributed by atoms with E-state index in [1.165, 1.54) is 11.3 Å². The van der Waals surface area contributed by atoms with E-state index in [9.17, 15) is 0 Å². The molecule has 0 amide bonds. The summed E-state index contributed by atoms with van der Waals surface area (Å²) in [5.41, 5.74) is 3.52. The van der Waals surface area contributed by atoms with Crippen molar-refractivity contribution in [3.8, 4) is 0 Å². The number of aryl methyl sites for hydroxylation is 1. The Balaban J connectivity index is 2.12. The van der Waals surface area contributed by atoms with E-state index in [1.54, 1.807) is 6.07 Å². The molecule has 0 aliphatic heterocycles. The molecule has 0 saturated heterocycles. The minimum atomic E-state index is 0.681. The highest BCUT2D eigenvalue weighted by molar-refractivity contribution is 6.33. The van der Waals surface area contributed by atoms with Crippen molar-refractivity contribution in [1.82, 2.24) is 0 Å². The lowest BCUT2D eigenvalue weighted by Gasteiger charge is -2.12. The molecule has 0 aromatic heterocycles. The van der Waals surface area contributed by atoms with Gasteiger partial charge in [0, 0.05) is 22.3 Å². The molecule has 0 saturated carbocycles. The van der Waals surface area contributed by atoms with Crippen LogP contribution in [0.4, 0.5) is 5.69 Å². The Kier molecular flexibility index (Phi) is 5.12. The van der Waals surface area contributed by atoms with Gasteiger partial charge in [-0.05, 0) is 41.8 Å². The molecule has 2 aromatic carbocycles. The van der Waals surface area contributed by atoms with Crippen molar-refractivity contribution in [3.63, 3.8) is 0 Å². The molecule has 0 unspecified atom stereocenters. The van der Waals surface area contributed by atoms with Gasteiger partial charge in [-0.1, -0.05) is 54.7 Å². The fourth-order valence-corrected chi connectivity index (χ4v) is 2.43. The highest BCUT2D eigenvalue weighted by atomic mass is 35.5. The quantitative estimate of drug-likeness (QED) is 0.761. The van der Waals surface area contributed by atoms with Gasteiger partial charge in [0.2, 0.25) is 0 Å². The number of hydrogen-bond acceptors (Lipinski definition) is 1. The summed E-state index contributed by atoms with van der Waals surface area (Å²) in [6, 6.07) is 13.9. The van der Waals surface area contributed by atoms with Gasteiger partial charge in [-0.2, -0.15) is 0 Å². The Bertz CT molecular complexity index is 552. The molecule has 3 heteroatoms. The number of nitrogens with one attached hydrogen (secondary N) is 1. The standard InChI is InChI=1S/C16H17Cl2N/c1-2-5-12-6-3-4-7-16(12)19-11-13-10-14(17)8-9-15(13)18/h3-4,6-10,19H,2,5,11H2,1H3. The van der Waals surface area contributed by atoms with Gasteiger partial charge in [-0.15, -0.1) is 0 Å². The normalized spacial score (nSPS) is 10.5. The van der Waals surface area contributed by atoms with Gasteiger partial charge in [0.05, 0.1) is 0 Å². The lowest BCUT2D eigenvalue weighted by Crippen LogP contribution is -2.03. The Morgan fingerprint density at radius 2 is 1.79 bits per heavy atom. The molecule has 2 aromatic rings. The van der Waals surface area contributed by atoms with Gasteiger partial charge < -0.3 is 5.32 Å². The second-order valence-electron chi connectivity index (χ2n) is 4.50. The first-order chi connectivity index (χ1) is 9.20. The monoisotopic (exact) mass is 293 g/mol. The van der Waals surface area contributed by atoms with Crippen molar-refractivity contribution in [2.24, 2.45) is 0 Å². The molecule has 0 aliphatic carbocycles. The van der Waals surface area contributed by atoms with Gasteiger partial charge in [0.15, 0.2) is 0 Å². The van der Waals surface area contributed by atoms with Crippen LogP contribution in [0.5, 0.6) is 0 Å². The number of rotatable bonds is 5. The predicted octanol–water partition coefficient (Wildman–Crippen LogP) is 5.56. The Morgan fingerprint density at radius 3 is 2.58 bits per heavy atom. The maximum absolute atomic E-state index is 6.16. The van der Waals surface area contributed by atoms with Crippen LogP contribution in [0.1, 0.15) is 24.5 Å². The molecule has 1 N–H and O–H groups in total. The summed E-state index contributed by atoms with van der Waals surface area (Å²) in [7, 11) is 0. The molecule has 0 fully saturated rings. The molecular weight excluding hydrogens is 277 g/mol. The zero-order valence-corrected chi connectivity index (χ0v) is 12.4. The Hall–Kier alpha value is -1.18. The third kappa shape index (κ3) is 3.89. The van der Waals surface area contributed by atoms with Crippen LogP contribution >= 0.6 is 23.2 Å². The van der Waals surface area contributed by atoms with Crippen molar-refractivity contribution in [2.45, 2.75) is 26.3 Å². The molecule has 0 radical (unpaired) electrons. The zero-order valence-electron chi connectivity index (χ0n) is 10.9. The van der Waals surface area contributed by atoms with Crippen LogP contribution in [-0.2, 0) is 13.0 Å². The molecule has 2 rings (SSSR count). The van der Waals surface area contributed by atoms with E-state index in [-0.39, 0.29) is 0 Å². The molecule has 0 heterocycles. The Morgan fingerprint density at radius 1 is 1.00 bits per heavy atom. The largest absolute Gasteiger partial charge is 0.381 e. The molecule has 1 nitrogen and oxygen atoms in total. The van der Waals surface area contributed by atoms with Crippen LogP contribution < -0.4 is 5.32 Å². The number of benzene rings is 2. The average Bonchev–Trinajstić information content (AvgIpc) is 2.42. The van der Waals surface area contributed by atoms with Crippen molar-refractivity contribution in [3.05, 3.63) is 63.6 Å². The summed E-state index contributed by atoms with van der Waals surface area (Å²) in [6.45, 7) is 2.87. The second-order valence-corrected chi connectivity index (χ2v) is 5.34. The maximum Gasteiger partial charge on any atom is 0.0456 e. The highest BCUT2D eigenvalue weighted by Gasteiger charge is 2.04. The molecule has 100 valence electrons. The first kappa shape index (κ1) is 14.2. The van der Waals surface area contributed by atoms with E-state index in [0.29, 0.717) is 11.6 Å². The summed E-state index contributed by atoms with van der Waals surface area (Å²) in [6.07, 6.45) is 2.21. The van der Waals surface area contributed by atoms with Crippen molar-refractivity contribution in [1.29, 1.82) is 0 Å². The summed E-state index contributed by atoms with van der Waals surface area (Å²) < 4.78 is 0. The lowest BCUT2D eigenvalue weighted by atomic mass is 10.1.